The van der Waals surface area contributed by atoms with E-state index in [1.165, 1.54) is 17.0 Å². The number of aromatic nitrogens is 3. The minimum Gasteiger partial charge on any atom is -0.494 e. The molecule has 204 valence electrons. The van der Waals surface area contributed by atoms with Gasteiger partial charge >= 0.3 is 0 Å². The summed E-state index contributed by atoms with van der Waals surface area (Å²) in [6.07, 6.45) is 3.21. The molecule has 0 saturated carbocycles. The number of hydrogen-bond acceptors (Lipinski definition) is 6. The normalized spacial score (nSPS) is 15.7. The Morgan fingerprint density at radius 2 is 1.82 bits per heavy atom. The van der Waals surface area contributed by atoms with Crippen LogP contribution in [0.4, 0.5) is 17.6 Å². The van der Waals surface area contributed by atoms with Crippen LogP contribution in [-0.4, -0.2) is 49.5 Å². The molecule has 0 aliphatic carbocycles. The molecular formula is C28H28F4N6O. The zero-order valence-corrected chi connectivity index (χ0v) is 21.4. The summed E-state index contributed by atoms with van der Waals surface area (Å²) in [5.41, 5.74) is 1.62. The molecule has 1 unspecified atom stereocenters. The van der Waals surface area contributed by atoms with Gasteiger partial charge in [0.2, 0.25) is 0 Å². The maximum Gasteiger partial charge on any atom is 0.199 e. The van der Waals surface area contributed by atoms with Gasteiger partial charge in [-0.2, -0.15) is 5.10 Å². The Hall–Kier alpha value is -4.41. The highest BCUT2D eigenvalue weighted by Gasteiger charge is 2.31. The van der Waals surface area contributed by atoms with Crippen molar-refractivity contribution in [3.8, 4) is 0 Å². The molecule has 1 fully saturated rings. The molecule has 39 heavy (non-hydrogen) atoms. The van der Waals surface area contributed by atoms with Gasteiger partial charge in [-0.1, -0.05) is 13.2 Å². The Kier molecular flexibility index (Phi) is 8.18. The number of aliphatic hydroxyl groups is 1. The van der Waals surface area contributed by atoms with E-state index in [0.717, 1.165) is 18.3 Å². The zero-order chi connectivity index (χ0) is 28.3. The Balaban J connectivity index is 1.68. The highest BCUT2D eigenvalue weighted by molar-refractivity contribution is 5.48. The van der Waals surface area contributed by atoms with Crippen LogP contribution >= 0.6 is 0 Å². The first-order valence-electron chi connectivity index (χ1n) is 12.1. The molecule has 3 aromatic rings. The Bertz CT molecular complexity index is 1430. The molecule has 0 radical (unpaired) electrons. The van der Waals surface area contributed by atoms with Crippen LogP contribution in [-0.2, 0) is 20.1 Å². The molecule has 4 rings (SSSR count). The van der Waals surface area contributed by atoms with Crippen molar-refractivity contribution in [2.45, 2.75) is 25.4 Å². The summed E-state index contributed by atoms with van der Waals surface area (Å²) < 4.78 is 57.2. The number of aliphatic hydroxyl groups excluding tert-OH is 1. The van der Waals surface area contributed by atoms with Crippen molar-refractivity contribution in [2.75, 3.05) is 13.1 Å². The van der Waals surface area contributed by atoms with Gasteiger partial charge in [-0.05, 0) is 36.9 Å². The second-order valence-electron chi connectivity index (χ2n) is 9.32. The third-order valence-electron chi connectivity index (χ3n) is 6.50. The SMILES string of the molecule is C=NC(=C)/C(C(=C)N1CCC(c2ncc(F)cc2F)C1)=C(/O)N(Cc1cc(F)cc(F)c1)Cc1ccn(C)n1. The van der Waals surface area contributed by atoms with Crippen LogP contribution in [0.5, 0.6) is 0 Å². The van der Waals surface area contributed by atoms with Crippen LogP contribution in [0.3, 0.4) is 0 Å². The molecule has 11 heteroatoms. The molecule has 0 amide bonds. The molecule has 0 bridgehead atoms. The highest BCUT2D eigenvalue weighted by atomic mass is 19.1. The first kappa shape index (κ1) is 27.6. The molecule has 3 heterocycles. The van der Waals surface area contributed by atoms with Crippen molar-refractivity contribution in [3.05, 3.63) is 119 Å². The smallest absolute Gasteiger partial charge is 0.199 e. The van der Waals surface area contributed by atoms with E-state index in [-0.39, 0.29) is 47.4 Å². The molecule has 1 atom stereocenters. The van der Waals surface area contributed by atoms with Crippen LogP contribution in [0, 0.1) is 23.3 Å². The van der Waals surface area contributed by atoms with Crippen molar-refractivity contribution in [2.24, 2.45) is 12.0 Å². The monoisotopic (exact) mass is 540 g/mol. The number of hydrogen-bond donors (Lipinski definition) is 1. The third-order valence-corrected chi connectivity index (χ3v) is 6.50. The highest BCUT2D eigenvalue weighted by Crippen LogP contribution is 2.34. The largest absolute Gasteiger partial charge is 0.494 e. The second kappa shape index (κ2) is 11.5. The molecular weight excluding hydrogens is 512 g/mol. The lowest BCUT2D eigenvalue weighted by atomic mass is 10.0. The average molecular weight is 541 g/mol. The number of benzene rings is 1. The average Bonchev–Trinajstić information content (AvgIpc) is 3.52. The van der Waals surface area contributed by atoms with Gasteiger partial charge in [-0.25, -0.2) is 17.6 Å². The Morgan fingerprint density at radius 1 is 1.10 bits per heavy atom. The van der Waals surface area contributed by atoms with Gasteiger partial charge < -0.3 is 14.9 Å². The fourth-order valence-electron chi connectivity index (χ4n) is 4.65. The van der Waals surface area contributed by atoms with E-state index in [1.807, 2.05) is 4.90 Å². The van der Waals surface area contributed by atoms with Gasteiger partial charge in [-0.3, -0.25) is 14.7 Å². The number of nitrogens with zero attached hydrogens (tertiary/aromatic N) is 6. The van der Waals surface area contributed by atoms with Gasteiger partial charge in [0.15, 0.2) is 5.88 Å². The lowest BCUT2D eigenvalue weighted by molar-refractivity contribution is 0.180. The molecule has 2 aromatic heterocycles. The van der Waals surface area contributed by atoms with Gasteiger partial charge in [0.25, 0.3) is 0 Å². The maximum atomic E-state index is 14.4. The summed E-state index contributed by atoms with van der Waals surface area (Å²) in [6, 6.07) is 5.65. The van der Waals surface area contributed by atoms with Crippen LogP contribution in [0.15, 0.2) is 83.7 Å². The number of halogens is 4. The van der Waals surface area contributed by atoms with Gasteiger partial charge in [-0.15, -0.1) is 0 Å². The molecule has 1 aliphatic heterocycles. The summed E-state index contributed by atoms with van der Waals surface area (Å²) in [4.78, 5) is 11.1. The number of pyridine rings is 1. The number of aryl methyl sites for hydroxylation is 1. The predicted octanol–water partition coefficient (Wildman–Crippen LogP) is 5.36. The van der Waals surface area contributed by atoms with Gasteiger partial charge in [0.05, 0.1) is 35.4 Å². The minimum atomic E-state index is -0.759. The molecule has 7 nitrogen and oxygen atoms in total. The third kappa shape index (κ3) is 6.36. The van der Waals surface area contributed by atoms with E-state index in [0.29, 0.717) is 30.9 Å². The summed E-state index contributed by atoms with van der Waals surface area (Å²) in [5.74, 6) is -3.63. The molecule has 1 aliphatic rings. The summed E-state index contributed by atoms with van der Waals surface area (Å²) in [5, 5.41) is 15.9. The van der Waals surface area contributed by atoms with Crippen molar-refractivity contribution >= 4 is 6.72 Å². The fraction of sp³-hybridized carbons (Fsp3) is 0.250. The van der Waals surface area contributed by atoms with Crippen LogP contribution in [0.1, 0.15) is 29.3 Å². The maximum absolute atomic E-state index is 14.4. The first-order chi connectivity index (χ1) is 18.5. The summed E-state index contributed by atoms with van der Waals surface area (Å²) in [6.45, 7) is 12.3. The number of likely N-dealkylation sites (tertiary alicyclic amines) is 1. The zero-order valence-electron chi connectivity index (χ0n) is 21.4. The molecule has 0 spiro atoms. The molecule has 1 saturated heterocycles. The van der Waals surface area contributed by atoms with Crippen LogP contribution in [0.25, 0.3) is 0 Å². The number of aliphatic imine (C=N–C) groups is 1. The van der Waals surface area contributed by atoms with Gasteiger partial charge in [0.1, 0.15) is 23.3 Å². The van der Waals surface area contributed by atoms with Crippen LogP contribution in [0.2, 0.25) is 0 Å². The predicted molar refractivity (Wildman–Crippen MR) is 139 cm³/mol. The Labute approximate surface area is 223 Å². The van der Waals surface area contributed by atoms with Crippen molar-refractivity contribution in [1.82, 2.24) is 24.6 Å². The van der Waals surface area contributed by atoms with E-state index < -0.39 is 23.3 Å². The first-order valence-corrected chi connectivity index (χ1v) is 12.1. The molecule has 1 aromatic carbocycles. The standard InChI is InChI=1S/C28H28F4N6O/c1-17(33-3)26(18(2)37-8-5-20(15-37)27-25(32)12-23(31)13-34-27)28(39)38(16-24-6-7-36(4)35-24)14-19-9-21(29)11-22(30)10-19/h6-7,9-13,20,39H,1-3,5,8,14-16H2,4H3/b28-26-. The lowest BCUT2D eigenvalue weighted by Crippen LogP contribution is -2.28. The fourth-order valence-corrected chi connectivity index (χ4v) is 4.65. The van der Waals surface area contributed by atoms with E-state index >= 15 is 0 Å². The lowest BCUT2D eigenvalue weighted by Gasteiger charge is -2.29. The van der Waals surface area contributed by atoms with Crippen molar-refractivity contribution in [1.29, 1.82) is 0 Å². The quantitative estimate of drug-likeness (QED) is 0.162. The van der Waals surface area contributed by atoms with Crippen molar-refractivity contribution in [3.63, 3.8) is 0 Å². The summed E-state index contributed by atoms with van der Waals surface area (Å²) >= 11 is 0. The Morgan fingerprint density at radius 3 is 2.44 bits per heavy atom. The van der Waals surface area contributed by atoms with Crippen molar-refractivity contribution < 1.29 is 22.7 Å². The summed E-state index contributed by atoms with van der Waals surface area (Å²) in [7, 11) is 1.74. The van der Waals surface area contributed by atoms with E-state index in [1.54, 1.807) is 24.0 Å². The minimum absolute atomic E-state index is 0.0778. The van der Waals surface area contributed by atoms with Gasteiger partial charge in [0, 0.05) is 56.6 Å². The van der Waals surface area contributed by atoms with Crippen LogP contribution < -0.4 is 0 Å². The molecule has 1 N–H and O–H groups in total. The van der Waals surface area contributed by atoms with E-state index in [9.17, 15) is 22.7 Å². The van der Waals surface area contributed by atoms with E-state index in [2.05, 4.69) is 35.0 Å². The van der Waals surface area contributed by atoms with E-state index in [4.69, 9.17) is 0 Å². The topological polar surface area (TPSA) is 69.8 Å². The number of rotatable bonds is 10. The second-order valence-corrected chi connectivity index (χ2v) is 9.32.